The highest BCUT2D eigenvalue weighted by Crippen LogP contribution is 2.04. The van der Waals surface area contributed by atoms with Crippen LogP contribution in [0, 0.1) is 11.8 Å². The molecule has 0 fully saturated rings. The number of methoxy groups -OCH3 is 1. The Balaban J connectivity index is 2.74. The minimum Gasteiger partial charge on any atom is -0.465 e. The first kappa shape index (κ1) is 12.1. The van der Waals surface area contributed by atoms with Gasteiger partial charge in [0.2, 0.25) is 0 Å². The molecule has 16 heavy (non-hydrogen) atoms. The van der Waals surface area contributed by atoms with Crippen LogP contribution in [0.15, 0.2) is 36.4 Å². The molecule has 0 aliphatic carbocycles. The van der Waals surface area contributed by atoms with Gasteiger partial charge in [0.25, 0.3) is 0 Å². The molecule has 1 aromatic carbocycles. The number of benzene rings is 1. The first-order valence-electron chi connectivity index (χ1n) is 5.13. The van der Waals surface area contributed by atoms with E-state index in [4.69, 9.17) is 0 Å². The van der Waals surface area contributed by atoms with Crippen molar-refractivity contribution >= 4 is 5.97 Å². The summed E-state index contributed by atoms with van der Waals surface area (Å²) >= 11 is 0. The number of ether oxygens (including phenoxy) is 1. The standard InChI is InChI=1S/C14H14O2/c1-3-4-5-6-7-12-8-10-13(11-9-12)14(15)16-2/h4-5,8-11H,3H2,1-2H3/b5-4+. The van der Waals surface area contributed by atoms with E-state index in [0.29, 0.717) is 5.56 Å². The van der Waals surface area contributed by atoms with E-state index in [2.05, 4.69) is 23.5 Å². The van der Waals surface area contributed by atoms with Crippen molar-refractivity contribution in [1.82, 2.24) is 0 Å². The minimum atomic E-state index is -0.328. The third kappa shape index (κ3) is 3.62. The topological polar surface area (TPSA) is 26.3 Å². The quantitative estimate of drug-likeness (QED) is 0.559. The van der Waals surface area contributed by atoms with E-state index in [9.17, 15) is 4.79 Å². The summed E-state index contributed by atoms with van der Waals surface area (Å²) in [7, 11) is 1.37. The van der Waals surface area contributed by atoms with Gasteiger partial charge in [0.1, 0.15) is 0 Å². The zero-order chi connectivity index (χ0) is 11.8. The molecular formula is C14H14O2. The number of rotatable bonds is 2. The average Bonchev–Trinajstić information content (AvgIpc) is 2.34. The van der Waals surface area contributed by atoms with E-state index in [1.54, 1.807) is 24.3 Å². The molecule has 0 radical (unpaired) electrons. The third-order valence-corrected chi connectivity index (χ3v) is 1.96. The normalized spacial score (nSPS) is 9.62. The molecule has 2 heteroatoms. The first-order valence-corrected chi connectivity index (χ1v) is 5.13. The van der Waals surface area contributed by atoms with E-state index in [-0.39, 0.29) is 5.97 Å². The van der Waals surface area contributed by atoms with Crippen LogP contribution >= 0.6 is 0 Å². The number of hydrogen-bond donors (Lipinski definition) is 0. The summed E-state index contributed by atoms with van der Waals surface area (Å²) in [6, 6.07) is 7.02. The second-order valence-corrected chi connectivity index (χ2v) is 3.15. The van der Waals surface area contributed by atoms with Gasteiger partial charge in [0, 0.05) is 5.56 Å². The van der Waals surface area contributed by atoms with Crippen LogP contribution in [0.25, 0.3) is 0 Å². The van der Waals surface area contributed by atoms with Crippen molar-refractivity contribution in [2.24, 2.45) is 0 Å². The predicted octanol–water partition coefficient (Wildman–Crippen LogP) is 2.79. The summed E-state index contributed by atoms with van der Waals surface area (Å²) in [6.07, 6.45) is 4.81. The molecule has 0 heterocycles. The van der Waals surface area contributed by atoms with Gasteiger partial charge < -0.3 is 4.74 Å². The van der Waals surface area contributed by atoms with Gasteiger partial charge in [-0.1, -0.05) is 24.8 Å². The van der Waals surface area contributed by atoms with Crippen molar-refractivity contribution in [1.29, 1.82) is 0 Å². The van der Waals surface area contributed by atoms with E-state index in [0.717, 1.165) is 12.0 Å². The van der Waals surface area contributed by atoms with Crippen LogP contribution in [-0.2, 0) is 4.74 Å². The lowest BCUT2D eigenvalue weighted by Crippen LogP contribution is -2.00. The molecule has 0 saturated heterocycles. The lowest BCUT2D eigenvalue weighted by atomic mass is 10.1. The van der Waals surface area contributed by atoms with Gasteiger partial charge in [-0.05, 0) is 36.8 Å². The van der Waals surface area contributed by atoms with Crippen LogP contribution in [0.1, 0.15) is 29.3 Å². The molecule has 2 nitrogen and oxygen atoms in total. The number of hydrogen-bond acceptors (Lipinski definition) is 2. The first-order chi connectivity index (χ1) is 7.77. The lowest BCUT2D eigenvalue weighted by molar-refractivity contribution is 0.0601. The van der Waals surface area contributed by atoms with Gasteiger partial charge in [-0.25, -0.2) is 4.79 Å². The van der Waals surface area contributed by atoms with Crippen molar-refractivity contribution in [2.45, 2.75) is 13.3 Å². The Morgan fingerprint density at radius 2 is 2.06 bits per heavy atom. The molecule has 82 valence electrons. The maximum absolute atomic E-state index is 11.2. The van der Waals surface area contributed by atoms with E-state index in [1.807, 2.05) is 12.2 Å². The van der Waals surface area contributed by atoms with Crippen LogP contribution in [0.3, 0.4) is 0 Å². The van der Waals surface area contributed by atoms with Crippen molar-refractivity contribution in [3.05, 3.63) is 47.5 Å². The summed E-state index contributed by atoms with van der Waals surface area (Å²) in [5.74, 6) is 5.56. The van der Waals surface area contributed by atoms with Crippen LogP contribution in [0.5, 0.6) is 0 Å². The highest BCUT2D eigenvalue weighted by Gasteiger charge is 2.02. The number of esters is 1. The molecule has 1 aromatic rings. The summed E-state index contributed by atoms with van der Waals surface area (Å²) < 4.78 is 4.60. The maximum atomic E-state index is 11.2. The van der Waals surface area contributed by atoms with E-state index < -0.39 is 0 Å². The predicted molar refractivity (Wildman–Crippen MR) is 64.1 cm³/mol. The Morgan fingerprint density at radius 3 is 2.62 bits per heavy atom. The molecule has 0 atom stereocenters. The highest BCUT2D eigenvalue weighted by atomic mass is 16.5. The Hall–Kier alpha value is -2.01. The zero-order valence-electron chi connectivity index (χ0n) is 9.49. The van der Waals surface area contributed by atoms with Gasteiger partial charge in [-0.15, -0.1) is 0 Å². The third-order valence-electron chi connectivity index (χ3n) is 1.96. The zero-order valence-corrected chi connectivity index (χ0v) is 9.49. The summed E-state index contributed by atoms with van der Waals surface area (Å²) in [5.41, 5.74) is 1.42. The number of allylic oxidation sites excluding steroid dienone is 2. The molecule has 0 N–H and O–H groups in total. The van der Waals surface area contributed by atoms with Crippen molar-refractivity contribution < 1.29 is 9.53 Å². The van der Waals surface area contributed by atoms with Crippen molar-refractivity contribution in [3.63, 3.8) is 0 Å². The molecule has 0 unspecified atom stereocenters. The number of carbonyl (C=O) groups excluding carboxylic acids is 1. The van der Waals surface area contributed by atoms with Gasteiger partial charge in [0.05, 0.1) is 12.7 Å². The van der Waals surface area contributed by atoms with Gasteiger partial charge in [0.15, 0.2) is 0 Å². The number of carbonyl (C=O) groups is 1. The van der Waals surface area contributed by atoms with Gasteiger partial charge in [-0.2, -0.15) is 0 Å². The molecule has 1 rings (SSSR count). The summed E-state index contributed by atoms with van der Waals surface area (Å²) in [6.45, 7) is 2.06. The molecule has 0 saturated carbocycles. The van der Waals surface area contributed by atoms with E-state index >= 15 is 0 Å². The second-order valence-electron chi connectivity index (χ2n) is 3.15. The molecule has 0 aliphatic rings. The molecule has 0 aliphatic heterocycles. The van der Waals surface area contributed by atoms with Crippen molar-refractivity contribution in [3.8, 4) is 11.8 Å². The Labute approximate surface area is 95.9 Å². The lowest BCUT2D eigenvalue weighted by Gasteiger charge is -1.97. The van der Waals surface area contributed by atoms with Gasteiger partial charge >= 0.3 is 5.97 Å². The largest absolute Gasteiger partial charge is 0.465 e. The summed E-state index contributed by atoms with van der Waals surface area (Å²) in [5, 5.41) is 0. The fourth-order valence-corrected chi connectivity index (χ4v) is 1.11. The SMILES string of the molecule is CC/C=C/C#Cc1ccc(C(=O)OC)cc1. The Bertz CT molecular complexity index is 430. The second kappa shape index (κ2) is 6.47. The fraction of sp³-hybridized carbons (Fsp3) is 0.214. The van der Waals surface area contributed by atoms with Crippen LogP contribution in [0.4, 0.5) is 0 Å². The summed E-state index contributed by atoms with van der Waals surface area (Å²) in [4.78, 5) is 11.2. The average molecular weight is 214 g/mol. The smallest absolute Gasteiger partial charge is 0.337 e. The maximum Gasteiger partial charge on any atom is 0.337 e. The van der Waals surface area contributed by atoms with Crippen LogP contribution < -0.4 is 0 Å². The molecule has 0 bridgehead atoms. The van der Waals surface area contributed by atoms with E-state index in [1.165, 1.54) is 7.11 Å². The van der Waals surface area contributed by atoms with Crippen LogP contribution in [0.2, 0.25) is 0 Å². The Kier molecular flexibility index (Phi) is 4.88. The molecule has 0 spiro atoms. The minimum absolute atomic E-state index is 0.328. The molecule has 0 amide bonds. The monoisotopic (exact) mass is 214 g/mol. The van der Waals surface area contributed by atoms with Crippen LogP contribution in [-0.4, -0.2) is 13.1 Å². The fourth-order valence-electron chi connectivity index (χ4n) is 1.11. The van der Waals surface area contributed by atoms with Crippen molar-refractivity contribution in [2.75, 3.05) is 7.11 Å². The molecule has 0 aromatic heterocycles. The molecular weight excluding hydrogens is 200 g/mol. The highest BCUT2D eigenvalue weighted by molar-refractivity contribution is 5.89. The Morgan fingerprint density at radius 1 is 1.38 bits per heavy atom. The van der Waals surface area contributed by atoms with Gasteiger partial charge in [-0.3, -0.25) is 0 Å².